The van der Waals surface area contributed by atoms with Gasteiger partial charge in [0.1, 0.15) is 5.82 Å². The fourth-order valence-corrected chi connectivity index (χ4v) is 1.88. The van der Waals surface area contributed by atoms with Crippen LogP contribution in [0.1, 0.15) is 19.2 Å². The summed E-state index contributed by atoms with van der Waals surface area (Å²) in [7, 11) is 0. The fourth-order valence-electron chi connectivity index (χ4n) is 1.52. The second kappa shape index (κ2) is 4.33. The van der Waals surface area contributed by atoms with Crippen LogP contribution >= 0.6 is 15.9 Å². The average molecular weight is 268 g/mol. The van der Waals surface area contributed by atoms with Gasteiger partial charge in [-0.05, 0) is 31.5 Å². The molecule has 0 radical (unpaired) electrons. The average Bonchev–Trinajstić information content (AvgIpc) is 2.56. The zero-order valence-electron chi connectivity index (χ0n) is 8.63. The highest BCUT2D eigenvalue weighted by atomic mass is 79.9. The molecular formula is C11H14BrN3. The third kappa shape index (κ3) is 2.58. The van der Waals surface area contributed by atoms with Gasteiger partial charge in [0.25, 0.3) is 0 Å². The van der Waals surface area contributed by atoms with E-state index in [-0.39, 0.29) is 6.04 Å². The van der Waals surface area contributed by atoms with Gasteiger partial charge in [-0.2, -0.15) is 0 Å². The summed E-state index contributed by atoms with van der Waals surface area (Å²) in [6, 6.07) is 6.27. The van der Waals surface area contributed by atoms with Gasteiger partial charge in [0.2, 0.25) is 0 Å². The van der Waals surface area contributed by atoms with Gasteiger partial charge in [0, 0.05) is 16.9 Å². The summed E-state index contributed by atoms with van der Waals surface area (Å²) in [5.41, 5.74) is 7.79. The van der Waals surface area contributed by atoms with E-state index in [4.69, 9.17) is 5.73 Å². The minimum atomic E-state index is 0.227. The number of imidazole rings is 1. The highest BCUT2D eigenvalue weighted by Crippen LogP contribution is 2.18. The Morgan fingerprint density at radius 2 is 2.33 bits per heavy atom. The SMILES string of the molecule is CC(N)CCc1nc2ccc(Br)cc2[nH]1. The van der Waals surface area contributed by atoms with Crippen molar-refractivity contribution >= 4 is 27.0 Å². The highest BCUT2D eigenvalue weighted by Gasteiger charge is 2.04. The smallest absolute Gasteiger partial charge is 0.107 e. The largest absolute Gasteiger partial charge is 0.342 e. The molecule has 3 N–H and O–H groups in total. The lowest BCUT2D eigenvalue weighted by Gasteiger charge is -2.00. The van der Waals surface area contributed by atoms with Gasteiger partial charge in [-0.15, -0.1) is 0 Å². The topological polar surface area (TPSA) is 54.7 Å². The van der Waals surface area contributed by atoms with Gasteiger partial charge < -0.3 is 10.7 Å². The van der Waals surface area contributed by atoms with Crippen molar-refractivity contribution in [1.82, 2.24) is 9.97 Å². The summed E-state index contributed by atoms with van der Waals surface area (Å²) in [4.78, 5) is 7.79. The van der Waals surface area contributed by atoms with Crippen LogP contribution in [-0.2, 0) is 6.42 Å². The van der Waals surface area contributed by atoms with E-state index in [1.165, 1.54) is 0 Å². The molecule has 0 aliphatic rings. The summed E-state index contributed by atoms with van der Waals surface area (Å²) >= 11 is 3.44. The standard InChI is InChI=1S/C11H14BrN3/c1-7(13)2-5-11-14-9-4-3-8(12)6-10(9)15-11/h3-4,6-7H,2,5,13H2,1H3,(H,14,15). The fraction of sp³-hybridized carbons (Fsp3) is 0.364. The van der Waals surface area contributed by atoms with Crippen LogP contribution in [0.15, 0.2) is 22.7 Å². The molecule has 2 rings (SSSR count). The number of aromatic nitrogens is 2. The number of aryl methyl sites for hydroxylation is 1. The molecule has 1 aromatic carbocycles. The van der Waals surface area contributed by atoms with Crippen molar-refractivity contribution < 1.29 is 0 Å². The molecule has 0 saturated carbocycles. The zero-order valence-corrected chi connectivity index (χ0v) is 10.2. The summed E-state index contributed by atoms with van der Waals surface area (Å²) in [5, 5.41) is 0. The summed E-state index contributed by atoms with van der Waals surface area (Å²) in [5.74, 6) is 1.01. The van der Waals surface area contributed by atoms with Crippen molar-refractivity contribution in [1.29, 1.82) is 0 Å². The molecule has 0 fully saturated rings. The quantitative estimate of drug-likeness (QED) is 0.899. The molecule has 1 aromatic heterocycles. The van der Waals surface area contributed by atoms with Crippen LogP contribution in [0.25, 0.3) is 11.0 Å². The number of nitrogens with one attached hydrogen (secondary N) is 1. The number of H-pyrrole nitrogens is 1. The van der Waals surface area contributed by atoms with Gasteiger partial charge >= 0.3 is 0 Å². The Kier molecular flexibility index (Phi) is 3.07. The van der Waals surface area contributed by atoms with E-state index in [1.54, 1.807) is 0 Å². The van der Waals surface area contributed by atoms with Crippen LogP contribution in [0, 0.1) is 0 Å². The van der Waals surface area contributed by atoms with E-state index in [0.717, 1.165) is 34.2 Å². The molecule has 1 unspecified atom stereocenters. The van der Waals surface area contributed by atoms with E-state index >= 15 is 0 Å². The molecule has 15 heavy (non-hydrogen) atoms. The van der Waals surface area contributed by atoms with Gasteiger partial charge in [-0.1, -0.05) is 15.9 Å². The Hall–Kier alpha value is -0.870. The number of benzene rings is 1. The molecule has 0 aliphatic heterocycles. The van der Waals surface area contributed by atoms with Crippen LogP contribution in [0.3, 0.4) is 0 Å². The van der Waals surface area contributed by atoms with Crippen molar-refractivity contribution in [2.75, 3.05) is 0 Å². The Morgan fingerprint density at radius 1 is 1.53 bits per heavy atom. The lowest BCUT2D eigenvalue weighted by Crippen LogP contribution is -2.15. The van der Waals surface area contributed by atoms with Crippen LogP contribution in [0.4, 0.5) is 0 Å². The predicted molar refractivity (Wildman–Crippen MR) is 65.8 cm³/mol. The molecule has 0 spiro atoms. The molecule has 3 nitrogen and oxygen atoms in total. The lowest BCUT2D eigenvalue weighted by molar-refractivity contribution is 0.652. The number of aromatic amines is 1. The van der Waals surface area contributed by atoms with E-state index < -0.39 is 0 Å². The lowest BCUT2D eigenvalue weighted by atomic mass is 10.2. The molecular weight excluding hydrogens is 254 g/mol. The Morgan fingerprint density at radius 3 is 3.07 bits per heavy atom. The van der Waals surface area contributed by atoms with Crippen molar-refractivity contribution in [3.8, 4) is 0 Å². The summed E-state index contributed by atoms with van der Waals surface area (Å²) < 4.78 is 1.07. The number of halogens is 1. The maximum atomic E-state index is 5.71. The van der Waals surface area contributed by atoms with Crippen molar-refractivity contribution in [3.63, 3.8) is 0 Å². The maximum Gasteiger partial charge on any atom is 0.107 e. The number of fused-ring (bicyclic) bond motifs is 1. The van der Waals surface area contributed by atoms with Gasteiger partial charge in [0.15, 0.2) is 0 Å². The first-order chi connectivity index (χ1) is 7.15. The van der Waals surface area contributed by atoms with E-state index in [9.17, 15) is 0 Å². The number of nitrogens with zero attached hydrogens (tertiary/aromatic N) is 1. The number of nitrogens with two attached hydrogens (primary N) is 1. The van der Waals surface area contributed by atoms with Gasteiger partial charge in [0.05, 0.1) is 11.0 Å². The molecule has 0 aliphatic carbocycles. The monoisotopic (exact) mass is 267 g/mol. The normalized spacial score (nSPS) is 13.3. The first-order valence-electron chi connectivity index (χ1n) is 5.05. The number of hydrogen-bond donors (Lipinski definition) is 2. The molecule has 1 heterocycles. The van der Waals surface area contributed by atoms with Gasteiger partial charge in [-0.3, -0.25) is 0 Å². The maximum absolute atomic E-state index is 5.71. The molecule has 0 saturated heterocycles. The van der Waals surface area contributed by atoms with Crippen LogP contribution < -0.4 is 5.73 Å². The minimum absolute atomic E-state index is 0.227. The molecule has 1 atom stereocenters. The van der Waals surface area contributed by atoms with Crippen LogP contribution in [0.2, 0.25) is 0 Å². The molecule has 0 bridgehead atoms. The van der Waals surface area contributed by atoms with E-state index in [2.05, 4.69) is 25.9 Å². The van der Waals surface area contributed by atoms with Crippen LogP contribution in [-0.4, -0.2) is 16.0 Å². The highest BCUT2D eigenvalue weighted by molar-refractivity contribution is 9.10. The third-order valence-electron chi connectivity index (χ3n) is 2.33. The van der Waals surface area contributed by atoms with Crippen LogP contribution in [0.5, 0.6) is 0 Å². The van der Waals surface area contributed by atoms with E-state index in [1.807, 2.05) is 25.1 Å². The third-order valence-corrected chi connectivity index (χ3v) is 2.82. The molecule has 2 aromatic rings. The second-order valence-corrected chi connectivity index (χ2v) is 4.78. The summed E-state index contributed by atoms with van der Waals surface area (Å²) in [6.07, 6.45) is 1.87. The van der Waals surface area contributed by atoms with Crippen molar-refractivity contribution in [2.24, 2.45) is 5.73 Å². The number of hydrogen-bond acceptors (Lipinski definition) is 2. The van der Waals surface area contributed by atoms with Crippen molar-refractivity contribution in [3.05, 3.63) is 28.5 Å². The minimum Gasteiger partial charge on any atom is -0.342 e. The van der Waals surface area contributed by atoms with Gasteiger partial charge in [-0.25, -0.2) is 4.98 Å². The Bertz CT molecular complexity index is 462. The Balaban J connectivity index is 2.23. The zero-order chi connectivity index (χ0) is 10.8. The van der Waals surface area contributed by atoms with E-state index in [0.29, 0.717) is 0 Å². The summed E-state index contributed by atoms with van der Waals surface area (Å²) in [6.45, 7) is 2.01. The molecule has 80 valence electrons. The number of rotatable bonds is 3. The first-order valence-corrected chi connectivity index (χ1v) is 5.84. The molecule has 0 amide bonds. The second-order valence-electron chi connectivity index (χ2n) is 3.86. The molecule has 4 heteroatoms. The predicted octanol–water partition coefficient (Wildman–Crippen LogP) is 2.61. The van der Waals surface area contributed by atoms with Crippen molar-refractivity contribution in [2.45, 2.75) is 25.8 Å². The first kappa shape index (κ1) is 10.6. The Labute approximate surface area is 97.2 Å².